The maximum atomic E-state index is 12.8. The molecule has 1 aromatic carbocycles. The van der Waals surface area contributed by atoms with Crippen molar-refractivity contribution in [1.82, 2.24) is 4.57 Å². The number of halogens is 1. The summed E-state index contributed by atoms with van der Waals surface area (Å²) in [6, 6.07) is 5.42. The SMILES string of the molecule is CC(C)(C)COC(=O)c1c(C(=O)O)c(C(=O)O)c(C(=O)O)n1-c1ccc(Cl)cc1. The van der Waals surface area contributed by atoms with E-state index in [1.54, 1.807) is 20.8 Å². The van der Waals surface area contributed by atoms with Crippen molar-refractivity contribution >= 4 is 35.5 Å². The average Bonchev–Trinajstić information content (AvgIpc) is 2.96. The summed E-state index contributed by atoms with van der Waals surface area (Å²) in [6.45, 7) is 5.19. The first-order valence-electron chi connectivity index (χ1n) is 8.26. The number of esters is 1. The zero-order valence-corrected chi connectivity index (χ0v) is 16.5. The number of carboxylic acid groups (broad SMARTS) is 3. The van der Waals surface area contributed by atoms with Gasteiger partial charge in [-0.25, -0.2) is 19.2 Å². The molecule has 0 amide bonds. The fourth-order valence-corrected chi connectivity index (χ4v) is 2.71. The number of hydrogen-bond donors (Lipinski definition) is 3. The zero-order chi connectivity index (χ0) is 22.1. The Bertz CT molecular complexity index is 999. The molecule has 1 aromatic heterocycles. The van der Waals surface area contributed by atoms with Gasteiger partial charge in [-0.3, -0.25) is 4.57 Å². The number of carboxylic acids is 3. The summed E-state index contributed by atoms with van der Waals surface area (Å²) in [6.07, 6.45) is 0. The lowest BCUT2D eigenvalue weighted by Gasteiger charge is -2.19. The molecule has 154 valence electrons. The van der Waals surface area contributed by atoms with Crippen LogP contribution in [0.15, 0.2) is 24.3 Å². The smallest absolute Gasteiger partial charge is 0.356 e. The summed E-state index contributed by atoms with van der Waals surface area (Å²) >= 11 is 5.84. The summed E-state index contributed by atoms with van der Waals surface area (Å²) in [4.78, 5) is 48.2. The fourth-order valence-electron chi connectivity index (χ4n) is 2.58. The van der Waals surface area contributed by atoms with Crippen LogP contribution in [0.4, 0.5) is 0 Å². The normalized spacial score (nSPS) is 11.2. The summed E-state index contributed by atoms with van der Waals surface area (Å²) in [5, 5.41) is 29.0. The Morgan fingerprint density at radius 1 is 0.897 bits per heavy atom. The molecule has 0 aliphatic carbocycles. The molecule has 2 rings (SSSR count). The van der Waals surface area contributed by atoms with Crippen LogP contribution in [0.3, 0.4) is 0 Å². The number of benzene rings is 1. The third-order valence-corrected chi connectivity index (χ3v) is 3.97. The summed E-state index contributed by atoms with van der Waals surface area (Å²) in [5.41, 5.74) is -4.03. The van der Waals surface area contributed by atoms with E-state index in [0.29, 0.717) is 5.02 Å². The van der Waals surface area contributed by atoms with Crippen LogP contribution in [0.5, 0.6) is 0 Å². The molecule has 0 unspecified atom stereocenters. The second kappa shape index (κ2) is 7.96. The molecule has 29 heavy (non-hydrogen) atoms. The molecular formula is C19H18ClNO8. The number of carbonyl (C=O) groups is 4. The third-order valence-electron chi connectivity index (χ3n) is 3.72. The van der Waals surface area contributed by atoms with Gasteiger partial charge in [-0.1, -0.05) is 32.4 Å². The average molecular weight is 424 g/mol. The van der Waals surface area contributed by atoms with Gasteiger partial charge in [0.1, 0.15) is 22.5 Å². The lowest BCUT2D eigenvalue weighted by Crippen LogP contribution is -2.22. The Morgan fingerprint density at radius 3 is 1.79 bits per heavy atom. The topological polar surface area (TPSA) is 143 Å². The van der Waals surface area contributed by atoms with Gasteiger partial charge in [-0.05, 0) is 29.7 Å². The lowest BCUT2D eigenvalue weighted by molar-refractivity contribution is 0.0351. The van der Waals surface area contributed by atoms with E-state index in [-0.39, 0.29) is 12.3 Å². The highest BCUT2D eigenvalue weighted by Gasteiger charge is 2.38. The van der Waals surface area contributed by atoms with Crippen LogP contribution in [0, 0.1) is 5.41 Å². The van der Waals surface area contributed by atoms with E-state index in [0.717, 1.165) is 4.57 Å². The molecule has 1 heterocycles. The van der Waals surface area contributed by atoms with E-state index in [2.05, 4.69) is 0 Å². The van der Waals surface area contributed by atoms with E-state index in [9.17, 15) is 34.5 Å². The first-order valence-corrected chi connectivity index (χ1v) is 8.64. The number of rotatable bonds is 6. The predicted molar refractivity (Wildman–Crippen MR) is 101 cm³/mol. The van der Waals surface area contributed by atoms with Gasteiger partial charge in [0.25, 0.3) is 0 Å². The van der Waals surface area contributed by atoms with Crippen LogP contribution in [-0.2, 0) is 4.74 Å². The van der Waals surface area contributed by atoms with Crippen molar-refractivity contribution in [2.24, 2.45) is 5.41 Å². The van der Waals surface area contributed by atoms with Crippen molar-refractivity contribution in [2.75, 3.05) is 6.61 Å². The monoisotopic (exact) mass is 423 g/mol. The van der Waals surface area contributed by atoms with Crippen LogP contribution in [0.25, 0.3) is 5.69 Å². The number of nitrogens with zero attached hydrogens (tertiary/aromatic N) is 1. The van der Waals surface area contributed by atoms with Crippen LogP contribution in [-0.4, -0.2) is 50.4 Å². The van der Waals surface area contributed by atoms with Gasteiger partial charge in [0.05, 0.1) is 6.61 Å². The van der Waals surface area contributed by atoms with E-state index >= 15 is 0 Å². The van der Waals surface area contributed by atoms with Crippen LogP contribution >= 0.6 is 11.6 Å². The molecular weight excluding hydrogens is 406 g/mol. The summed E-state index contributed by atoms with van der Waals surface area (Å²) < 4.78 is 5.91. The Morgan fingerprint density at radius 2 is 1.38 bits per heavy atom. The maximum Gasteiger partial charge on any atom is 0.356 e. The van der Waals surface area contributed by atoms with Gasteiger partial charge in [0.15, 0.2) is 0 Å². The molecule has 0 bridgehead atoms. The van der Waals surface area contributed by atoms with Crippen LogP contribution in [0.2, 0.25) is 5.02 Å². The molecule has 0 saturated heterocycles. The Balaban J connectivity index is 2.90. The largest absolute Gasteiger partial charge is 0.478 e. The molecule has 10 heteroatoms. The molecule has 3 N–H and O–H groups in total. The van der Waals surface area contributed by atoms with Crippen molar-refractivity contribution in [1.29, 1.82) is 0 Å². The Hall–Kier alpha value is -3.33. The van der Waals surface area contributed by atoms with Crippen LogP contribution < -0.4 is 0 Å². The minimum absolute atomic E-state index is 0.0320. The number of carbonyl (C=O) groups excluding carboxylic acids is 1. The molecule has 0 radical (unpaired) electrons. The van der Waals surface area contributed by atoms with Gasteiger partial charge in [0.2, 0.25) is 0 Å². The summed E-state index contributed by atoms with van der Waals surface area (Å²) in [5.74, 6) is -6.48. The van der Waals surface area contributed by atoms with Gasteiger partial charge in [0, 0.05) is 10.7 Å². The Labute approximate surface area is 170 Å². The molecule has 0 atom stereocenters. The first-order chi connectivity index (χ1) is 13.3. The van der Waals surface area contributed by atoms with Crippen molar-refractivity contribution in [3.63, 3.8) is 0 Å². The number of ether oxygens (including phenoxy) is 1. The van der Waals surface area contributed by atoms with Gasteiger partial charge >= 0.3 is 23.9 Å². The molecule has 0 aliphatic rings. The van der Waals surface area contributed by atoms with E-state index in [1.807, 2.05) is 0 Å². The van der Waals surface area contributed by atoms with Crippen molar-refractivity contribution in [3.05, 3.63) is 51.8 Å². The van der Waals surface area contributed by atoms with Gasteiger partial charge in [-0.15, -0.1) is 0 Å². The molecule has 9 nitrogen and oxygen atoms in total. The van der Waals surface area contributed by atoms with Crippen LogP contribution in [0.1, 0.15) is 62.5 Å². The molecule has 0 spiro atoms. The standard InChI is InChI=1S/C19H18ClNO8/c1-19(2,3)8-29-18(28)14-12(16(24)25)11(15(22)23)13(17(26)27)21(14)10-6-4-9(20)5-7-10/h4-7H,8H2,1-3H3,(H,22,23)(H,24,25)(H,26,27). The van der Waals surface area contributed by atoms with Crippen molar-refractivity contribution < 1.29 is 39.2 Å². The number of aromatic carboxylic acids is 3. The summed E-state index contributed by atoms with van der Waals surface area (Å²) in [7, 11) is 0. The number of aromatic nitrogens is 1. The predicted octanol–water partition coefficient (Wildman–Crippen LogP) is 3.43. The minimum Gasteiger partial charge on any atom is -0.478 e. The highest BCUT2D eigenvalue weighted by molar-refractivity contribution is 6.30. The van der Waals surface area contributed by atoms with E-state index < -0.39 is 51.8 Å². The quantitative estimate of drug-likeness (QED) is 0.599. The second-order valence-corrected chi connectivity index (χ2v) is 7.75. The molecule has 0 fully saturated rings. The second-order valence-electron chi connectivity index (χ2n) is 7.31. The fraction of sp³-hybridized carbons (Fsp3) is 0.263. The Kier molecular flexibility index (Phi) is 6.03. The maximum absolute atomic E-state index is 12.8. The molecule has 2 aromatic rings. The van der Waals surface area contributed by atoms with Gasteiger partial charge in [-0.2, -0.15) is 0 Å². The molecule has 0 aliphatic heterocycles. The first kappa shape index (κ1) is 22.0. The highest BCUT2D eigenvalue weighted by Crippen LogP contribution is 2.30. The lowest BCUT2D eigenvalue weighted by atomic mass is 9.99. The zero-order valence-electron chi connectivity index (χ0n) is 15.7. The highest BCUT2D eigenvalue weighted by atomic mass is 35.5. The van der Waals surface area contributed by atoms with Crippen molar-refractivity contribution in [2.45, 2.75) is 20.8 Å². The van der Waals surface area contributed by atoms with Gasteiger partial charge < -0.3 is 20.1 Å². The van der Waals surface area contributed by atoms with E-state index in [1.165, 1.54) is 24.3 Å². The van der Waals surface area contributed by atoms with Crippen molar-refractivity contribution in [3.8, 4) is 5.69 Å². The minimum atomic E-state index is -1.81. The molecule has 0 saturated carbocycles. The number of hydrogen-bond acceptors (Lipinski definition) is 5. The van der Waals surface area contributed by atoms with E-state index in [4.69, 9.17) is 16.3 Å². The third kappa shape index (κ3) is 4.57.